The predicted octanol–water partition coefficient (Wildman–Crippen LogP) is 6.50. The van der Waals surface area contributed by atoms with Gasteiger partial charge in [0.05, 0.1) is 16.4 Å². The van der Waals surface area contributed by atoms with Crippen LogP contribution < -0.4 is 5.73 Å². The predicted molar refractivity (Wildman–Crippen MR) is 150 cm³/mol. The molecule has 1 amide bonds. The van der Waals surface area contributed by atoms with E-state index in [9.17, 15) is 31.1 Å². The molecule has 7 nitrogen and oxygen atoms in total. The minimum atomic E-state index is -5.08. The minimum Gasteiger partial charge on any atom is -0.475 e. The van der Waals surface area contributed by atoms with Crippen molar-refractivity contribution in [2.75, 3.05) is 13.1 Å². The van der Waals surface area contributed by atoms with Crippen LogP contribution >= 0.6 is 11.6 Å². The fourth-order valence-electron chi connectivity index (χ4n) is 6.02. The van der Waals surface area contributed by atoms with E-state index in [2.05, 4.69) is 5.10 Å². The zero-order chi connectivity index (χ0) is 32.6. The molecule has 2 fully saturated rings. The Labute approximate surface area is 254 Å². The summed E-state index contributed by atoms with van der Waals surface area (Å²) in [5.74, 6) is -5.25. The van der Waals surface area contributed by atoms with Gasteiger partial charge in [-0.1, -0.05) is 17.7 Å². The molecule has 3 N–H and O–H groups in total. The van der Waals surface area contributed by atoms with Crippen molar-refractivity contribution >= 4 is 23.5 Å². The number of aromatic nitrogens is 2. The van der Waals surface area contributed by atoms with Gasteiger partial charge in [0, 0.05) is 48.1 Å². The summed E-state index contributed by atoms with van der Waals surface area (Å²) < 4.78 is 75.4. The minimum absolute atomic E-state index is 0.0312. The number of nitrogens with two attached hydrogens (primary N) is 1. The van der Waals surface area contributed by atoms with Crippen molar-refractivity contribution in [1.82, 2.24) is 14.7 Å². The van der Waals surface area contributed by atoms with Crippen molar-refractivity contribution in [3.05, 3.63) is 81.9 Å². The maximum Gasteiger partial charge on any atom is 0.490 e. The summed E-state index contributed by atoms with van der Waals surface area (Å²) in [5, 5.41) is 11.8. The first-order valence-corrected chi connectivity index (χ1v) is 14.2. The van der Waals surface area contributed by atoms with E-state index >= 15 is 0 Å². The number of piperidine rings is 1. The second-order valence-corrected chi connectivity index (χ2v) is 12.0. The van der Waals surface area contributed by atoms with E-state index in [0.29, 0.717) is 37.2 Å². The highest BCUT2D eigenvalue weighted by atomic mass is 35.5. The number of aryl methyl sites for hydroxylation is 1. The zero-order valence-electron chi connectivity index (χ0n) is 23.8. The third-order valence-corrected chi connectivity index (χ3v) is 8.30. The van der Waals surface area contributed by atoms with Crippen LogP contribution in [-0.2, 0) is 9.59 Å². The van der Waals surface area contributed by atoms with Crippen LogP contribution in [0, 0.1) is 30.3 Å². The number of halogens is 7. The molecule has 44 heavy (non-hydrogen) atoms. The summed E-state index contributed by atoms with van der Waals surface area (Å²) in [7, 11) is 0. The Kier molecular flexibility index (Phi) is 9.69. The number of amides is 1. The number of alkyl halides is 3. The fourth-order valence-corrected chi connectivity index (χ4v) is 6.20. The molecule has 238 valence electrons. The molecule has 3 atom stereocenters. The molecule has 3 aromatic rings. The molecule has 1 saturated carbocycles. The molecule has 2 aliphatic rings. The maximum atomic E-state index is 14.7. The topological polar surface area (TPSA) is 101 Å². The number of carbonyl (C=O) groups is 2. The third kappa shape index (κ3) is 7.55. The van der Waals surface area contributed by atoms with Crippen LogP contribution in [0.25, 0.3) is 5.69 Å². The quantitative estimate of drug-likeness (QED) is 0.316. The zero-order valence-corrected chi connectivity index (χ0v) is 24.6. The lowest BCUT2D eigenvalue weighted by molar-refractivity contribution is -0.192. The first-order valence-electron chi connectivity index (χ1n) is 13.8. The molecular formula is C30H31ClF6N4O3. The number of rotatable bonds is 4. The van der Waals surface area contributed by atoms with Crippen molar-refractivity contribution in [3.63, 3.8) is 0 Å². The second-order valence-electron chi connectivity index (χ2n) is 11.6. The molecule has 1 aliphatic heterocycles. The molecule has 1 aromatic heterocycles. The van der Waals surface area contributed by atoms with Crippen LogP contribution in [-0.4, -0.2) is 56.5 Å². The second kappa shape index (κ2) is 12.8. The number of carbonyl (C=O) groups excluding carboxylic acids is 1. The number of nitrogens with zero attached hydrogens (tertiary/aromatic N) is 3. The lowest BCUT2D eigenvalue weighted by atomic mass is 9.86. The Bertz CT molecular complexity index is 1540. The molecule has 0 unspecified atom stereocenters. The van der Waals surface area contributed by atoms with Crippen LogP contribution in [0.5, 0.6) is 0 Å². The monoisotopic (exact) mass is 644 g/mol. The Balaban J connectivity index is 0.000000566. The number of hydrogen-bond acceptors (Lipinski definition) is 4. The van der Waals surface area contributed by atoms with Crippen LogP contribution in [0.3, 0.4) is 0 Å². The van der Waals surface area contributed by atoms with Crippen LogP contribution in [0.2, 0.25) is 5.02 Å². The highest BCUT2D eigenvalue weighted by Crippen LogP contribution is 2.46. The molecule has 1 aliphatic carbocycles. The van der Waals surface area contributed by atoms with Gasteiger partial charge in [-0.2, -0.15) is 18.3 Å². The SMILES string of the molecule is Cc1cc(C2CCN(C(=O)[C@H]3C[C@@](C)(N)C[C@@H]3c3ccc(F)cc3F)CC2)n(-c2ccc(F)c(Cl)c2)n1.O=C(O)C(F)(F)F. The molecular weight excluding hydrogens is 614 g/mol. The van der Waals surface area contributed by atoms with E-state index in [1.165, 1.54) is 18.2 Å². The first-order chi connectivity index (χ1) is 20.5. The van der Waals surface area contributed by atoms with Crippen LogP contribution in [0.1, 0.15) is 61.4 Å². The standard InChI is InChI=1S/C28H30ClF3N4O.C2HF3O2/c1-16-11-26(36(34-16)19-4-6-24(31)23(29)13-19)17-7-9-35(10-8-17)27(37)22-15-28(2,33)14-21(22)20-5-3-18(30)12-25(20)32;3-2(4,5)1(6)7/h3-6,11-13,17,21-22H,7-10,14-15,33H2,1-2H3;(H,6,7)/t21-,22+,28+;/m1./s1. The average molecular weight is 645 g/mol. The highest BCUT2D eigenvalue weighted by Gasteiger charge is 2.46. The van der Waals surface area contributed by atoms with Gasteiger partial charge < -0.3 is 15.7 Å². The molecule has 1 saturated heterocycles. The highest BCUT2D eigenvalue weighted by molar-refractivity contribution is 6.30. The van der Waals surface area contributed by atoms with E-state index in [1.807, 2.05) is 24.8 Å². The smallest absolute Gasteiger partial charge is 0.475 e. The molecule has 0 bridgehead atoms. The first kappa shape index (κ1) is 33.3. The van der Waals surface area contributed by atoms with E-state index in [1.54, 1.807) is 16.8 Å². The maximum absolute atomic E-state index is 14.7. The number of hydrogen-bond donors (Lipinski definition) is 2. The number of aliphatic carboxylic acids is 1. The van der Waals surface area contributed by atoms with Gasteiger partial charge in [-0.15, -0.1) is 0 Å². The van der Waals surface area contributed by atoms with Gasteiger partial charge in [0.1, 0.15) is 17.5 Å². The van der Waals surface area contributed by atoms with Gasteiger partial charge in [-0.25, -0.2) is 22.6 Å². The molecule has 14 heteroatoms. The van der Waals surface area contributed by atoms with Gasteiger partial charge >= 0.3 is 12.1 Å². The molecule has 2 aromatic carbocycles. The van der Waals surface area contributed by atoms with E-state index in [0.717, 1.165) is 30.3 Å². The fraction of sp³-hybridized carbons (Fsp3) is 0.433. The Morgan fingerprint density at radius 2 is 1.66 bits per heavy atom. The van der Waals surface area contributed by atoms with Gasteiger partial charge in [-0.05, 0) is 75.4 Å². The average Bonchev–Trinajstić information content (AvgIpc) is 3.48. The Morgan fingerprint density at radius 3 is 2.23 bits per heavy atom. The summed E-state index contributed by atoms with van der Waals surface area (Å²) in [6, 6.07) is 10.1. The van der Waals surface area contributed by atoms with Crippen LogP contribution in [0.15, 0.2) is 42.5 Å². The summed E-state index contributed by atoms with van der Waals surface area (Å²) in [6.07, 6.45) is -2.71. The number of benzene rings is 2. The normalized spacial score (nSPS) is 22.5. The lowest BCUT2D eigenvalue weighted by Gasteiger charge is -2.35. The summed E-state index contributed by atoms with van der Waals surface area (Å²) in [6.45, 7) is 4.89. The molecule has 2 heterocycles. The van der Waals surface area contributed by atoms with Gasteiger partial charge in [0.2, 0.25) is 5.91 Å². The number of carboxylic acid groups (broad SMARTS) is 1. The Hall–Kier alpha value is -3.58. The van der Waals surface area contributed by atoms with Crippen molar-refractivity contribution in [2.24, 2.45) is 11.7 Å². The van der Waals surface area contributed by atoms with Crippen LogP contribution in [0.4, 0.5) is 26.3 Å². The van der Waals surface area contributed by atoms with Gasteiger partial charge in [0.25, 0.3) is 0 Å². The number of carboxylic acids is 1. The summed E-state index contributed by atoms with van der Waals surface area (Å²) >= 11 is 6.01. The van der Waals surface area contributed by atoms with Crippen molar-refractivity contribution < 1.29 is 41.0 Å². The van der Waals surface area contributed by atoms with Crippen molar-refractivity contribution in [1.29, 1.82) is 0 Å². The van der Waals surface area contributed by atoms with E-state index in [-0.39, 0.29) is 16.8 Å². The van der Waals surface area contributed by atoms with Gasteiger partial charge in [-0.3, -0.25) is 4.79 Å². The molecule has 0 spiro atoms. The van der Waals surface area contributed by atoms with Gasteiger partial charge in [0.15, 0.2) is 0 Å². The van der Waals surface area contributed by atoms with E-state index in [4.69, 9.17) is 27.2 Å². The van der Waals surface area contributed by atoms with E-state index < -0.39 is 47.0 Å². The Morgan fingerprint density at radius 1 is 1.02 bits per heavy atom. The summed E-state index contributed by atoms with van der Waals surface area (Å²) in [4.78, 5) is 24.4. The molecule has 0 radical (unpaired) electrons. The van der Waals surface area contributed by atoms with Crippen molar-refractivity contribution in [3.8, 4) is 5.69 Å². The third-order valence-electron chi connectivity index (χ3n) is 8.01. The largest absolute Gasteiger partial charge is 0.490 e. The summed E-state index contributed by atoms with van der Waals surface area (Å²) in [5.41, 5.74) is 8.69. The van der Waals surface area contributed by atoms with Crippen molar-refractivity contribution in [2.45, 2.75) is 63.1 Å². The number of likely N-dealkylation sites (tertiary alicyclic amines) is 1. The lowest BCUT2D eigenvalue weighted by Crippen LogP contribution is -2.43. The molecule has 5 rings (SSSR count).